The number of nitrogens with one attached hydrogen (secondary N) is 1. The van der Waals surface area contributed by atoms with Crippen LogP contribution in [0.4, 0.5) is 0 Å². The second-order valence-corrected chi connectivity index (χ2v) is 6.86. The van der Waals surface area contributed by atoms with Gasteiger partial charge in [-0.1, -0.05) is 48.5 Å². The molecule has 0 saturated carbocycles. The Morgan fingerprint density at radius 1 is 1.03 bits per heavy atom. The van der Waals surface area contributed by atoms with Crippen LogP contribution in [0.3, 0.4) is 0 Å². The SMILES string of the molecule is O=C(C=Cc1cn(-c2ccccc2)nc1-c1ccccc1)NCCCn1ccnc1. The van der Waals surface area contributed by atoms with Gasteiger partial charge in [-0.2, -0.15) is 5.10 Å². The summed E-state index contributed by atoms with van der Waals surface area (Å²) in [4.78, 5) is 16.3. The number of rotatable bonds is 8. The molecule has 0 unspecified atom stereocenters. The van der Waals surface area contributed by atoms with E-state index in [1.54, 1.807) is 18.6 Å². The average molecular weight is 397 g/mol. The number of imidazole rings is 1. The van der Waals surface area contributed by atoms with E-state index in [9.17, 15) is 4.79 Å². The molecule has 2 heterocycles. The first-order chi connectivity index (χ1) is 14.8. The van der Waals surface area contributed by atoms with E-state index in [2.05, 4.69) is 10.3 Å². The summed E-state index contributed by atoms with van der Waals surface area (Å²) in [5.41, 5.74) is 3.70. The smallest absolute Gasteiger partial charge is 0.244 e. The molecule has 2 aromatic heterocycles. The maximum Gasteiger partial charge on any atom is 0.244 e. The Morgan fingerprint density at radius 2 is 1.80 bits per heavy atom. The zero-order valence-corrected chi connectivity index (χ0v) is 16.6. The van der Waals surface area contributed by atoms with Gasteiger partial charge in [0.15, 0.2) is 0 Å². The predicted octanol–water partition coefficient (Wildman–Crippen LogP) is 3.96. The Kier molecular flexibility index (Phi) is 6.15. The normalized spacial score (nSPS) is 11.1. The number of hydrogen-bond acceptors (Lipinski definition) is 3. The summed E-state index contributed by atoms with van der Waals surface area (Å²) in [5, 5.41) is 7.68. The molecule has 1 N–H and O–H groups in total. The highest BCUT2D eigenvalue weighted by atomic mass is 16.1. The number of benzene rings is 2. The van der Waals surface area contributed by atoms with Gasteiger partial charge in [0.25, 0.3) is 0 Å². The number of nitrogens with zero attached hydrogens (tertiary/aromatic N) is 4. The van der Waals surface area contributed by atoms with E-state index in [0.717, 1.165) is 35.5 Å². The quantitative estimate of drug-likeness (QED) is 0.362. The number of aromatic nitrogens is 4. The molecule has 4 aromatic rings. The molecular weight excluding hydrogens is 374 g/mol. The molecule has 0 aliphatic carbocycles. The highest BCUT2D eigenvalue weighted by Gasteiger charge is 2.10. The monoisotopic (exact) mass is 397 g/mol. The number of carbonyl (C=O) groups is 1. The third-order valence-corrected chi connectivity index (χ3v) is 4.68. The summed E-state index contributed by atoms with van der Waals surface area (Å²) in [7, 11) is 0. The lowest BCUT2D eigenvalue weighted by Crippen LogP contribution is -2.22. The Morgan fingerprint density at radius 3 is 2.53 bits per heavy atom. The Balaban J connectivity index is 1.46. The summed E-state index contributed by atoms with van der Waals surface area (Å²) >= 11 is 0. The topological polar surface area (TPSA) is 64.7 Å². The molecule has 150 valence electrons. The molecule has 0 radical (unpaired) electrons. The number of aryl methyl sites for hydroxylation is 1. The molecule has 0 fully saturated rings. The van der Waals surface area contributed by atoms with E-state index in [4.69, 9.17) is 5.10 Å². The van der Waals surface area contributed by atoms with Crippen molar-refractivity contribution in [2.24, 2.45) is 0 Å². The fourth-order valence-electron chi connectivity index (χ4n) is 3.16. The highest BCUT2D eigenvalue weighted by molar-refractivity contribution is 5.92. The van der Waals surface area contributed by atoms with Crippen LogP contribution in [-0.2, 0) is 11.3 Å². The molecule has 30 heavy (non-hydrogen) atoms. The minimum absolute atomic E-state index is 0.118. The van der Waals surface area contributed by atoms with Gasteiger partial charge in [-0.05, 0) is 24.6 Å². The second-order valence-electron chi connectivity index (χ2n) is 6.86. The molecule has 0 atom stereocenters. The summed E-state index contributed by atoms with van der Waals surface area (Å²) in [6.07, 6.45) is 11.6. The number of carbonyl (C=O) groups excluding carboxylic acids is 1. The molecule has 6 heteroatoms. The van der Waals surface area contributed by atoms with Gasteiger partial charge in [0.05, 0.1) is 17.7 Å². The maximum absolute atomic E-state index is 12.3. The lowest BCUT2D eigenvalue weighted by atomic mass is 10.1. The molecule has 0 aliphatic rings. The van der Waals surface area contributed by atoms with Crippen molar-refractivity contribution in [1.82, 2.24) is 24.6 Å². The van der Waals surface area contributed by atoms with Crippen LogP contribution in [0.5, 0.6) is 0 Å². The van der Waals surface area contributed by atoms with Gasteiger partial charge < -0.3 is 9.88 Å². The summed E-state index contributed by atoms with van der Waals surface area (Å²) < 4.78 is 3.83. The van der Waals surface area contributed by atoms with E-state index in [1.165, 1.54) is 0 Å². The van der Waals surface area contributed by atoms with Crippen LogP contribution in [0.1, 0.15) is 12.0 Å². The Bertz CT molecular complexity index is 1100. The van der Waals surface area contributed by atoms with Crippen molar-refractivity contribution in [3.8, 4) is 16.9 Å². The van der Waals surface area contributed by atoms with Gasteiger partial charge in [-0.15, -0.1) is 0 Å². The van der Waals surface area contributed by atoms with Crippen molar-refractivity contribution in [3.63, 3.8) is 0 Å². The van der Waals surface area contributed by atoms with Crippen molar-refractivity contribution < 1.29 is 4.79 Å². The van der Waals surface area contributed by atoms with Crippen LogP contribution < -0.4 is 5.32 Å². The van der Waals surface area contributed by atoms with Gasteiger partial charge in [0.1, 0.15) is 0 Å². The maximum atomic E-state index is 12.3. The van der Waals surface area contributed by atoms with Crippen molar-refractivity contribution in [2.75, 3.05) is 6.54 Å². The van der Waals surface area contributed by atoms with Gasteiger partial charge in [0, 0.05) is 48.9 Å². The van der Waals surface area contributed by atoms with Crippen LogP contribution in [0.15, 0.2) is 91.7 Å². The molecular formula is C24H23N5O. The first kappa shape index (κ1) is 19.4. The van der Waals surface area contributed by atoms with Crippen molar-refractivity contribution >= 4 is 12.0 Å². The molecule has 1 amide bonds. The van der Waals surface area contributed by atoms with Crippen molar-refractivity contribution in [2.45, 2.75) is 13.0 Å². The molecule has 6 nitrogen and oxygen atoms in total. The van der Waals surface area contributed by atoms with Gasteiger partial charge in [-0.25, -0.2) is 9.67 Å². The fraction of sp³-hybridized carbons (Fsp3) is 0.125. The zero-order valence-electron chi connectivity index (χ0n) is 16.6. The van der Waals surface area contributed by atoms with E-state index in [1.807, 2.05) is 88.4 Å². The van der Waals surface area contributed by atoms with E-state index in [-0.39, 0.29) is 5.91 Å². The van der Waals surface area contributed by atoms with E-state index >= 15 is 0 Å². The van der Waals surface area contributed by atoms with Crippen molar-refractivity contribution in [1.29, 1.82) is 0 Å². The standard InChI is InChI=1S/C24H23N5O/c30-23(26-14-7-16-28-17-15-25-19-28)13-12-21-18-29(22-10-5-2-6-11-22)27-24(21)20-8-3-1-4-9-20/h1-6,8-13,15,17-19H,7,14,16H2,(H,26,30). The number of para-hydroxylation sites is 1. The number of hydrogen-bond donors (Lipinski definition) is 1. The zero-order chi connectivity index (χ0) is 20.6. The molecule has 2 aromatic carbocycles. The Hall–Kier alpha value is -3.93. The number of amides is 1. The average Bonchev–Trinajstić information content (AvgIpc) is 3.47. The van der Waals surface area contributed by atoms with Gasteiger partial charge in [-0.3, -0.25) is 4.79 Å². The van der Waals surface area contributed by atoms with Gasteiger partial charge in [0.2, 0.25) is 5.91 Å². The third kappa shape index (κ3) is 4.91. The molecule has 0 bridgehead atoms. The van der Waals surface area contributed by atoms with Gasteiger partial charge >= 0.3 is 0 Å². The predicted molar refractivity (Wildman–Crippen MR) is 118 cm³/mol. The molecule has 0 aliphatic heterocycles. The Labute approximate surface area is 175 Å². The third-order valence-electron chi connectivity index (χ3n) is 4.68. The minimum Gasteiger partial charge on any atom is -0.352 e. The van der Waals surface area contributed by atoms with E-state index in [0.29, 0.717) is 6.54 Å². The van der Waals surface area contributed by atoms with Crippen molar-refractivity contribution in [3.05, 3.63) is 97.2 Å². The molecule has 0 spiro atoms. The largest absolute Gasteiger partial charge is 0.352 e. The summed E-state index contributed by atoms with van der Waals surface area (Å²) in [6.45, 7) is 1.43. The minimum atomic E-state index is -0.118. The molecule has 4 rings (SSSR count). The highest BCUT2D eigenvalue weighted by Crippen LogP contribution is 2.24. The van der Waals surface area contributed by atoms with Crippen LogP contribution >= 0.6 is 0 Å². The van der Waals surface area contributed by atoms with Crippen LogP contribution in [-0.4, -0.2) is 31.8 Å². The first-order valence-electron chi connectivity index (χ1n) is 9.92. The van der Waals surface area contributed by atoms with Crippen LogP contribution in [0.2, 0.25) is 0 Å². The van der Waals surface area contributed by atoms with E-state index < -0.39 is 0 Å². The van der Waals surface area contributed by atoms with Crippen LogP contribution in [0, 0.1) is 0 Å². The summed E-state index contributed by atoms with van der Waals surface area (Å²) in [6, 6.07) is 19.9. The first-order valence-corrected chi connectivity index (χ1v) is 9.92. The second kappa shape index (κ2) is 9.52. The molecule has 0 saturated heterocycles. The lowest BCUT2D eigenvalue weighted by Gasteiger charge is -2.03. The fourth-order valence-corrected chi connectivity index (χ4v) is 3.16. The summed E-state index contributed by atoms with van der Waals surface area (Å²) in [5.74, 6) is -0.118. The lowest BCUT2D eigenvalue weighted by molar-refractivity contribution is -0.116. The van der Waals surface area contributed by atoms with Crippen LogP contribution in [0.25, 0.3) is 23.0 Å².